The van der Waals surface area contributed by atoms with E-state index in [2.05, 4.69) is 9.71 Å². The molecule has 0 radical (unpaired) electrons. The predicted octanol–water partition coefficient (Wildman–Crippen LogP) is 2.57. The molecule has 0 saturated heterocycles. The molecule has 5 rings (SSSR count). The summed E-state index contributed by atoms with van der Waals surface area (Å²) in [7, 11) is -3.67. The van der Waals surface area contributed by atoms with Crippen molar-refractivity contribution < 1.29 is 17.9 Å². The fourth-order valence-electron chi connectivity index (χ4n) is 4.12. The molecule has 1 aliphatic heterocycles. The Bertz CT molecular complexity index is 1190. The number of pyridine rings is 1. The molecule has 0 bridgehead atoms. The summed E-state index contributed by atoms with van der Waals surface area (Å²) in [5.41, 5.74) is 4.19. The van der Waals surface area contributed by atoms with E-state index in [0.29, 0.717) is 31.3 Å². The van der Waals surface area contributed by atoms with Gasteiger partial charge in [0.1, 0.15) is 18.9 Å². The third kappa shape index (κ3) is 4.03. The van der Waals surface area contributed by atoms with Crippen molar-refractivity contribution in [2.45, 2.75) is 37.1 Å². The maximum absolute atomic E-state index is 12.8. The zero-order valence-electron chi connectivity index (χ0n) is 17.1. The van der Waals surface area contributed by atoms with E-state index < -0.39 is 10.0 Å². The highest BCUT2D eigenvalue weighted by atomic mass is 32.2. The van der Waals surface area contributed by atoms with Crippen LogP contribution in [0.4, 0.5) is 0 Å². The molecule has 2 aromatic heterocycles. The van der Waals surface area contributed by atoms with Gasteiger partial charge in [0.25, 0.3) is 0 Å². The van der Waals surface area contributed by atoms with Crippen LogP contribution in [0, 0.1) is 0 Å². The number of benzene rings is 1. The van der Waals surface area contributed by atoms with Gasteiger partial charge in [0.2, 0.25) is 10.0 Å². The molecule has 9 heteroatoms. The lowest BCUT2D eigenvalue weighted by molar-refractivity contribution is 0.171. The Morgan fingerprint density at radius 2 is 1.87 bits per heavy atom. The minimum atomic E-state index is -3.67. The summed E-state index contributed by atoms with van der Waals surface area (Å²) in [5, 5.41) is 4.79. The third-order valence-electron chi connectivity index (χ3n) is 5.60. The lowest BCUT2D eigenvalue weighted by Gasteiger charge is -2.19. The molecule has 3 aromatic rings. The van der Waals surface area contributed by atoms with Crippen molar-refractivity contribution in [2.24, 2.45) is 0 Å². The molecule has 0 atom stereocenters. The maximum atomic E-state index is 12.8. The number of aromatic nitrogens is 3. The van der Waals surface area contributed by atoms with Crippen LogP contribution in [0.5, 0.6) is 11.5 Å². The minimum Gasteiger partial charge on any atom is -0.486 e. The van der Waals surface area contributed by atoms with Crippen LogP contribution in [0.2, 0.25) is 0 Å². The third-order valence-corrected chi connectivity index (χ3v) is 7.06. The lowest BCUT2D eigenvalue weighted by Crippen LogP contribution is -2.28. The van der Waals surface area contributed by atoms with Crippen LogP contribution >= 0.6 is 0 Å². The second-order valence-electron chi connectivity index (χ2n) is 7.62. The van der Waals surface area contributed by atoms with Crippen LogP contribution in [-0.4, -0.2) is 42.9 Å². The Morgan fingerprint density at radius 1 is 1.03 bits per heavy atom. The van der Waals surface area contributed by atoms with E-state index in [1.165, 1.54) is 23.4 Å². The standard InChI is InChI=1S/C22H24N4O4S/c27-31(28,16-8-9-20-21(15-16)30-14-13-29-20)24-11-12-26-19-7-2-1-5-17(19)22(25-26)18-6-3-4-10-23-18/h3-4,6,8-10,15,24H,1-2,5,7,11-14H2. The Morgan fingerprint density at radius 3 is 2.71 bits per heavy atom. The molecular weight excluding hydrogens is 416 g/mol. The first-order chi connectivity index (χ1) is 15.1. The molecule has 1 aliphatic carbocycles. The maximum Gasteiger partial charge on any atom is 0.240 e. The van der Waals surface area contributed by atoms with Gasteiger partial charge < -0.3 is 9.47 Å². The number of fused-ring (bicyclic) bond motifs is 2. The Hall–Kier alpha value is -2.91. The van der Waals surface area contributed by atoms with Gasteiger partial charge >= 0.3 is 0 Å². The van der Waals surface area contributed by atoms with E-state index in [9.17, 15) is 8.42 Å². The molecule has 1 N–H and O–H groups in total. The monoisotopic (exact) mass is 440 g/mol. The van der Waals surface area contributed by atoms with E-state index in [-0.39, 0.29) is 11.4 Å². The number of nitrogens with one attached hydrogen (secondary N) is 1. The van der Waals surface area contributed by atoms with Gasteiger partial charge in [-0.2, -0.15) is 5.10 Å². The average Bonchev–Trinajstić information content (AvgIpc) is 3.18. The van der Waals surface area contributed by atoms with Crippen molar-refractivity contribution in [1.82, 2.24) is 19.5 Å². The van der Waals surface area contributed by atoms with E-state index in [4.69, 9.17) is 14.6 Å². The summed E-state index contributed by atoms with van der Waals surface area (Å²) in [6.07, 6.45) is 5.94. The Balaban J connectivity index is 1.33. The molecule has 31 heavy (non-hydrogen) atoms. The van der Waals surface area contributed by atoms with Crippen LogP contribution in [0.3, 0.4) is 0 Å². The molecule has 0 unspecified atom stereocenters. The average molecular weight is 441 g/mol. The van der Waals surface area contributed by atoms with Gasteiger partial charge in [-0.25, -0.2) is 13.1 Å². The van der Waals surface area contributed by atoms with Gasteiger partial charge in [-0.3, -0.25) is 9.67 Å². The number of ether oxygens (including phenoxy) is 2. The van der Waals surface area contributed by atoms with Crippen molar-refractivity contribution in [3.63, 3.8) is 0 Å². The zero-order chi connectivity index (χ0) is 21.3. The Labute approximate surface area is 181 Å². The largest absolute Gasteiger partial charge is 0.486 e. The van der Waals surface area contributed by atoms with Crippen molar-refractivity contribution in [1.29, 1.82) is 0 Å². The number of hydrogen-bond donors (Lipinski definition) is 1. The van der Waals surface area contributed by atoms with Gasteiger partial charge in [-0.05, 0) is 49.9 Å². The lowest BCUT2D eigenvalue weighted by atomic mass is 9.95. The summed E-state index contributed by atoms with van der Waals surface area (Å²) in [6, 6.07) is 10.5. The molecule has 1 aromatic carbocycles. The molecule has 0 fully saturated rings. The van der Waals surface area contributed by atoms with Crippen LogP contribution in [0.25, 0.3) is 11.4 Å². The minimum absolute atomic E-state index is 0.161. The molecule has 0 amide bonds. The fourth-order valence-corrected chi connectivity index (χ4v) is 5.16. The van der Waals surface area contributed by atoms with Gasteiger partial charge in [-0.1, -0.05) is 6.07 Å². The SMILES string of the molecule is O=S(=O)(NCCn1nc(-c2ccccn2)c2c1CCCC2)c1ccc2c(c1)OCCO2. The highest BCUT2D eigenvalue weighted by Gasteiger charge is 2.23. The van der Waals surface area contributed by atoms with Crippen molar-refractivity contribution in [2.75, 3.05) is 19.8 Å². The van der Waals surface area contributed by atoms with E-state index in [1.54, 1.807) is 12.3 Å². The van der Waals surface area contributed by atoms with Crippen molar-refractivity contribution in [3.05, 3.63) is 53.9 Å². The second-order valence-corrected chi connectivity index (χ2v) is 9.39. The van der Waals surface area contributed by atoms with Gasteiger partial charge in [0.15, 0.2) is 11.5 Å². The Kier molecular flexibility index (Phi) is 5.37. The molecule has 0 saturated carbocycles. The summed E-state index contributed by atoms with van der Waals surface area (Å²) >= 11 is 0. The number of sulfonamides is 1. The van der Waals surface area contributed by atoms with E-state index >= 15 is 0 Å². The van der Waals surface area contributed by atoms with Gasteiger partial charge in [0, 0.05) is 30.1 Å². The van der Waals surface area contributed by atoms with Crippen molar-refractivity contribution >= 4 is 10.0 Å². The molecular formula is C22H24N4O4S. The normalized spacial score (nSPS) is 15.5. The first-order valence-corrected chi connectivity index (χ1v) is 12.0. The topological polar surface area (TPSA) is 95.3 Å². The smallest absolute Gasteiger partial charge is 0.240 e. The summed E-state index contributed by atoms with van der Waals surface area (Å²) < 4.78 is 41.1. The summed E-state index contributed by atoms with van der Waals surface area (Å²) in [4.78, 5) is 4.62. The first-order valence-electron chi connectivity index (χ1n) is 10.5. The van der Waals surface area contributed by atoms with E-state index in [1.807, 2.05) is 22.9 Å². The molecule has 2 aliphatic rings. The number of hydrogen-bond acceptors (Lipinski definition) is 6. The fraction of sp³-hybridized carbons (Fsp3) is 0.364. The predicted molar refractivity (Wildman–Crippen MR) is 115 cm³/mol. The quantitative estimate of drug-likeness (QED) is 0.633. The highest BCUT2D eigenvalue weighted by molar-refractivity contribution is 7.89. The van der Waals surface area contributed by atoms with E-state index in [0.717, 1.165) is 37.1 Å². The molecule has 3 heterocycles. The molecule has 0 spiro atoms. The van der Waals surface area contributed by atoms with Crippen LogP contribution < -0.4 is 14.2 Å². The van der Waals surface area contributed by atoms with Crippen LogP contribution in [0.15, 0.2) is 47.5 Å². The highest BCUT2D eigenvalue weighted by Crippen LogP contribution is 2.32. The van der Waals surface area contributed by atoms with Gasteiger partial charge in [-0.15, -0.1) is 0 Å². The molecule has 8 nitrogen and oxygen atoms in total. The first kappa shape index (κ1) is 20.0. The van der Waals surface area contributed by atoms with Crippen molar-refractivity contribution in [3.8, 4) is 22.9 Å². The second kappa shape index (κ2) is 8.32. The summed E-state index contributed by atoms with van der Waals surface area (Å²) in [5.74, 6) is 1.02. The number of rotatable bonds is 6. The van der Waals surface area contributed by atoms with Crippen LogP contribution in [0.1, 0.15) is 24.1 Å². The molecule has 162 valence electrons. The number of nitrogens with zero attached hydrogens (tertiary/aromatic N) is 3. The van der Waals surface area contributed by atoms with Gasteiger partial charge in [0.05, 0.1) is 17.1 Å². The zero-order valence-corrected chi connectivity index (χ0v) is 17.9. The van der Waals surface area contributed by atoms with Crippen LogP contribution in [-0.2, 0) is 29.4 Å². The summed E-state index contributed by atoms with van der Waals surface area (Å²) in [6.45, 7) is 1.57.